The Labute approximate surface area is 86.2 Å². The van der Waals surface area contributed by atoms with E-state index < -0.39 is 0 Å². The number of nitrogens with zero attached hydrogens (tertiary/aromatic N) is 3. The maximum atomic E-state index is 8.58. The number of hydrogen-bond donors (Lipinski definition) is 0. The van der Waals surface area contributed by atoms with E-state index in [0.29, 0.717) is 6.54 Å². The molecule has 0 radical (unpaired) electrons. The summed E-state index contributed by atoms with van der Waals surface area (Å²) in [7, 11) is 0. The summed E-state index contributed by atoms with van der Waals surface area (Å²) in [5.74, 6) is 0. The van der Waals surface area contributed by atoms with Gasteiger partial charge in [0, 0.05) is 5.69 Å². The summed E-state index contributed by atoms with van der Waals surface area (Å²) in [5, 5.41) is 14.9. The van der Waals surface area contributed by atoms with Gasteiger partial charge >= 0.3 is 0 Å². The Hall–Kier alpha value is -1.60. The van der Waals surface area contributed by atoms with Crippen LogP contribution in [0.3, 0.4) is 0 Å². The molecule has 0 N–H and O–H groups in total. The standard InChI is InChI=1S/C10H9N3S/c1-8-7-9(10-3-2-6-14-10)12-13(8)5-4-11/h2-3,6-7H,5H2,1H3. The molecule has 0 saturated carbocycles. The van der Waals surface area contributed by atoms with Crippen molar-refractivity contribution >= 4 is 11.3 Å². The third-order valence-corrected chi connectivity index (χ3v) is 2.87. The smallest absolute Gasteiger partial charge is 0.128 e. The van der Waals surface area contributed by atoms with Crippen LogP contribution in [-0.2, 0) is 6.54 Å². The van der Waals surface area contributed by atoms with Gasteiger partial charge in [0.15, 0.2) is 0 Å². The minimum atomic E-state index is 0.317. The Balaban J connectivity index is 2.39. The summed E-state index contributed by atoms with van der Waals surface area (Å²) >= 11 is 1.66. The Morgan fingerprint density at radius 2 is 2.50 bits per heavy atom. The van der Waals surface area contributed by atoms with Gasteiger partial charge in [0.1, 0.15) is 12.2 Å². The zero-order valence-electron chi connectivity index (χ0n) is 7.77. The van der Waals surface area contributed by atoms with Crippen molar-refractivity contribution in [3.8, 4) is 16.6 Å². The topological polar surface area (TPSA) is 41.6 Å². The first-order valence-electron chi connectivity index (χ1n) is 4.26. The monoisotopic (exact) mass is 203 g/mol. The van der Waals surface area contributed by atoms with Crippen molar-refractivity contribution in [1.82, 2.24) is 9.78 Å². The van der Waals surface area contributed by atoms with Crippen LogP contribution in [0.4, 0.5) is 0 Å². The molecule has 4 heteroatoms. The maximum Gasteiger partial charge on any atom is 0.128 e. The van der Waals surface area contributed by atoms with Crippen molar-refractivity contribution < 1.29 is 0 Å². The predicted molar refractivity (Wildman–Crippen MR) is 55.9 cm³/mol. The van der Waals surface area contributed by atoms with Crippen molar-refractivity contribution in [2.75, 3.05) is 0 Å². The number of rotatable bonds is 2. The molecule has 0 saturated heterocycles. The molecule has 3 nitrogen and oxygen atoms in total. The van der Waals surface area contributed by atoms with E-state index >= 15 is 0 Å². The van der Waals surface area contributed by atoms with E-state index in [1.54, 1.807) is 16.0 Å². The lowest BCUT2D eigenvalue weighted by Gasteiger charge is -1.94. The fourth-order valence-corrected chi connectivity index (χ4v) is 1.96. The van der Waals surface area contributed by atoms with Gasteiger partial charge < -0.3 is 0 Å². The number of aryl methyl sites for hydroxylation is 1. The summed E-state index contributed by atoms with van der Waals surface area (Å²) in [6.45, 7) is 2.28. The third-order valence-electron chi connectivity index (χ3n) is 1.98. The van der Waals surface area contributed by atoms with Crippen LogP contribution in [0.15, 0.2) is 23.6 Å². The van der Waals surface area contributed by atoms with Gasteiger partial charge in [0.2, 0.25) is 0 Å². The van der Waals surface area contributed by atoms with Gasteiger partial charge in [-0.1, -0.05) is 6.07 Å². The van der Waals surface area contributed by atoms with Crippen molar-refractivity contribution in [2.24, 2.45) is 0 Å². The van der Waals surface area contributed by atoms with Crippen molar-refractivity contribution in [3.05, 3.63) is 29.3 Å². The van der Waals surface area contributed by atoms with E-state index in [4.69, 9.17) is 5.26 Å². The van der Waals surface area contributed by atoms with E-state index in [0.717, 1.165) is 16.3 Å². The molecule has 0 unspecified atom stereocenters. The average Bonchev–Trinajstić information content (AvgIpc) is 2.76. The first-order valence-corrected chi connectivity index (χ1v) is 5.14. The molecule has 2 heterocycles. The normalized spacial score (nSPS) is 10.0. The largest absolute Gasteiger partial charge is 0.255 e. The number of aromatic nitrogens is 2. The van der Waals surface area contributed by atoms with E-state index in [-0.39, 0.29) is 0 Å². The summed E-state index contributed by atoms with van der Waals surface area (Å²) in [5.41, 5.74) is 1.97. The molecular formula is C10H9N3S. The van der Waals surface area contributed by atoms with Crippen LogP contribution in [0.5, 0.6) is 0 Å². The predicted octanol–water partition coefficient (Wildman–Crippen LogP) is 2.44. The van der Waals surface area contributed by atoms with Crippen LogP contribution in [0, 0.1) is 18.3 Å². The molecule has 70 valence electrons. The van der Waals surface area contributed by atoms with Gasteiger partial charge in [0.25, 0.3) is 0 Å². The molecule has 2 aromatic rings. The fourth-order valence-electron chi connectivity index (χ4n) is 1.28. The molecule has 14 heavy (non-hydrogen) atoms. The minimum absolute atomic E-state index is 0.317. The van der Waals surface area contributed by atoms with Crippen LogP contribution in [-0.4, -0.2) is 9.78 Å². The molecule has 0 fully saturated rings. The maximum absolute atomic E-state index is 8.58. The molecule has 0 aliphatic rings. The van der Waals surface area contributed by atoms with Gasteiger partial charge in [0.05, 0.1) is 10.9 Å². The number of nitriles is 1. The van der Waals surface area contributed by atoms with E-state index in [2.05, 4.69) is 11.2 Å². The Morgan fingerprint density at radius 1 is 1.64 bits per heavy atom. The lowest BCUT2D eigenvalue weighted by Crippen LogP contribution is -1.99. The Bertz CT molecular complexity index is 462. The molecular weight excluding hydrogens is 194 g/mol. The first kappa shape index (κ1) is 8.97. The van der Waals surface area contributed by atoms with Crippen LogP contribution >= 0.6 is 11.3 Å². The van der Waals surface area contributed by atoms with Gasteiger partial charge in [-0.25, -0.2) is 0 Å². The minimum Gasteiger partial charge on any atom is -0.255 e. The van der Waals surface area contributed by atoms with Crippen LogP contribution in [0.1, 0.15) is 5.69 Å². The second-order valence-electron chi connectivity index (χ2n) is 2.96. The molecule has 0 spiro atoms. The lowest BCUT2D eigenvalue weighted by molar-refractivity contribution is 0.689. The fraction of sp³-hybridized carbons (Fsp3) is 0.200. The van der Waals surface area contributed by atoms with Gasteiger partial charge in [-0.2, -0.15) is 10.4 Å². The summed E-state index contributed by atoms with van der Waals surface area (Å²) in [6, 6.07) is 8.12. The first-order chi connectivity index (χ1) is 6.81. The molecule has 0 aromatic carbocycles. The zero-order chi connectivity index (χ0) is 9.97. The van der Waals surface area contributed by atoms with Gasteiger partial charge in [-0.15, -0.1) is 11.3 Å². The highest BCUT2D eigenvalue weighted by molar-refractivity contribution is 7.13. The summed E-state index contributed by atoms with van der Waals surface area (Å²) in [6.07, 6.45) is 0. The second kappa shape index (κ2) is 3.64. The molecule has 0 bridgehead atoms. The molecule has 0 aliphatic heterocycles. The van der Waals surface area contributed by atoms with Crippen molar-refractivity contribution in [3.63, 3.8) is 0 Å². The second-order valence-corrected chi connectivity index (χ2v) is 3.91. The van der Waals surface area contributed by atoms with E-state index in [9.17, 15) is 0 Å². The van der Waals surface area contributed by atoms with Crippen molar-refractivity contribution in [2.45, 2.75) is 13.5 Å². The van der Waals surface area contributed by atoms with Crippen LogP contribution in [0.2, 0.25) is 0 Å². The highest BCUT2D eigenvalue weighted by Crippen LogP contribution is 2.23. The zero-order valence-corrected chi connectivity index (χ0v) is 8.58. The molecule has 2 aromatic heterocycles. The highest BCUT2D eigenvalue weighted by Gasteiger charge is 2.06. The lowest BCUT2D eigenvalue weighted by atomic mass is 10.3. The van der Waals surface area contributed by atoms with E-state index in [1.807, 2.05) is 30.5 Å². The highest BCUT2D eigenvalue weighted by atomic mass is 32.1. The Kier molecular flexibility index (Phi) is 2.33. The van der Waals surface area contributed by atoms with Crippen LogP contribution < -0.4 is 0 Å². The summed E-state index contributed by atoms with van der Waals surface area (Å²) < 4.78 is 1.72. The number of hydrogen-bond acceptors (Lipinski definition) is 3. The Morgan fingerprint density at radius 3 is 3.14 bits per heavy atom. The van der Waals surface area contributed by atoms with Gasteiger partial charge in [-0.3, -0.25) is 4.68 Å². The molecule has 2 rings (SSSR count). The van der Waals surface area contributed by atoms with E-state index in [1.165, 1.54) is 0 Å². The average molecular weight is 203 g/mol. The number of thiophene rings is 1. The molecule has 0 atom stereocenters. The quantitative estimate of drug-likeness (QED) is 0.752. The molecule has 0 amide bonds. The van der Waals surface area contributed by atoms with Gasteiger partial charge in [-0.05, 0) is 24.4 Å². The third kappa shape index (κ3) is 1.54. The van der Waals surface area contributed by atoms with Crippen molar-refractivity contribution in [1.29, 1.82) is 5.26 Å². The van der Waals surface area contributed by atoms with Crippen LogP contribution in [0.25, 0.3) is 10.6 Å². The SMILES string of the molecule is Cc1cc(-c2cccs2)nn1CC#N. The summed E-state index contributed by atoms with van der Waals surface area (Å²) in [4.78, 5) is 1.14. The molecule has 0 aliphatic carbocycles.